The van der Waals surface area contributed by atoms with E-state index >= 15 is 0 Å². The van der Waals surface area contributed by atoms with E-state index in [4.69, 9.17) is 0 Å². The second kappa shape index (κ2) is 7.89. The van der Waals surface area contributed by atoms with Crippen molar-refractivity contribution in [3.05, 3.63) is 24.3 Å². The zero-order valence-electron chi connectivity index (χ0n) is 14.0. The lowest BCUT2D eigenvalue weighted by Crippen LogP contribution is -2.40. The maximum Gasteiger partial charge on any atom is 0.246 e. The number of aryl methyl sites for hydroxylation is 1. The van der Waals surface area contributed by atoms with Gasteiger partial charge in [0.1, 0.15) is 5.82 Å². The lowest BCUT2D eigenvalue weighted by molar-refractivity contribution is -0.137. The molecule has 0 saturated carbocycles. The zero-order chi connectivity index (χ0) is 16.8. The van der Waals surface area contributed by atoms with Gasteiger partial charge in [-0.1, -0.05) is 13.0 Å². The van der Waals surface area contributed by atoms with Crippen LogP contribution in [0.25, 0.3) is 0 Å². The third-order valence-electron chi connectivity index (χ3n) is 4.18. The van der Waals surface area contributed by atoms with Gasteiger partial charge in [0.2, 0.25) is 11.8 Å². The molecule has 0 saturated heterocycles. The molecule has 0 bridgehead atoms. The molecule has 0 atom stereocenters. The smallest absolute Gasteiger partial charge is 0.246 e. The highest BCUT2D eigenvalue weighted by Crippen LogP contribution is 2.15. The van der Waals surface area contributed by atoms with Crippen molar-refractivity contribution < 1.29 is 9.59 Å². The van der Waals surface area contributed by atoms with E-state index in [2.05, 4.69) is 21.3 Å². The van der Waals surface area contributed by atoms with Crippen LogP contribution in [-0.2, 0) is 29.1 Å². The van der Waals surface area contributed by atoms with E-state index in [9.17, 15) is 9.59 Å². The molecule has 0 aliphatic carbocycles. The highest BCUT2D eigenvalue weighted by molar-refractivity contribution is 5.90. The van der Waals surface area contributed by atoms with Crippen LogP contribution in [0.5, 0.6) is 0 Å². The normalized spacial score (nSPS) is 13.8. The van der Waals surface area contributed by atoms with Crippen LogP contribution in [0.2, 0.25) is 0 Å². The van der Waals surface area contributed by atoms with Crippen LogP contribution in [0, 0.1) is 0 Å². The summed E-state index contributed by atoms with van der Waals surface area (Å²) >= 11 is 0. The number of fused-ring (bicyclic) bond motifs is 1. The number of hydrogen-bond donors (Lipinski definition) is 0. The predicted molar refractivity (Wildman–Crippen MR) is 86.5 cm³/mol. The molecular formula is C16H25N5O2. The van der Waals surface area contributed by atoms with Gasteiger partial charge in [0.25, 0.3) is 0 Å². The summed E-state index contributed by atoms with van der Waals surface area (Å²) in [6.45, 7) is 7.15. The first-order chi connectivity index (χ1) is 11.1. The van der Waals surface area contributed by atoms with Gasteiger partial charge in [0.05, 0.1) is 13.1 Å². The number of hydrogen-bond acceptors (Lipinski definition) is 4. The maximum atomic E-state index is 12.3. The summed E-state index contributed by atoms with van der Waals surface area (Å²) in [7, 11) is 1.73. The molecule has 7 nitrogen and oxygen atoms in total. The number of likely N-dealkylation sites (N-methyl/N-ethyl adjacent to an activating group) is 2. The van der Waals surface area contributed by atoms with Crippen LogP contribution in [0.1, 0.15) is 37.8 Å². The Hall–Kier alpha value is -2.18. The monoisotopic (exact) mass is 319 g/mol. The van der Waals surface area contributed by atoms with E-state index in [1.165, 1.54) is 17.4 Å². The van der Waals surface area contributed by atoms with Gasteiger partial charge in [-0.05, 0) is 25.8 Å². The Morgan fingerprint density at radius 3 is 2.78 bits per heavy atom. The van der Waals surface area contributed by atoms with E-state index in [1.807, 2.05) is 6.92 Å². The summed E-state index contributed by atoms with van der Waals surface area (Å²) < 4.78 is 2.13. The third kappa shape index (κ3) is 4.18. The molecule has 1 aromatic rings. The molecule has 1 aromatic heterocycles. The highest BCUT2D eigenvalue weighted by atomic mass is 16.2. The highest BCUT2D eigenvalue weighted by Gasteiger charge is 2.20. The molecule has 0 N–H and O–H groups in total. The number of carbonyl (C=O) groups is 2. The lowest BCUT2D eigenvalue weighted by Gasteiger charge is -2.23. The summed E-state index contributed by atoms with van der Waals surface area (Å²) in [4.78, 5) is 27.1. The van der Waals surface area contributed by atoms with Gasteiger partial charge in [-0.2, -0.15) is 0 Å². The average Bonchev–Trinajstić information content (AvgIpc) is 2.78. The number of carbonyl (C=O) groups excluding carboxylic acids is 2. The second-order valence-electron chi connectivity index (χ2n) is 5.80. The molecule has 2 heterocycles. The Bertz CT molecular complexity index is 581. The molecule has 0 unspecified atom stereocenters. The minimum atomic E-state index is -0.231. The standard InChI is InChI=1S/C16H25N5O2/c1-4-15(22)20(5-2)12-16(23)19(3)11-14-18-17-13-9-7-6-8-10-21(13)14/h4H,1,5-12H2,2-3H3. The van der Waals surface area contributed by atoms with Crippen LogP contribution < -0.4 is 0 Å². The van der Waals surface area contributed by atoms with E-state index < -0.39 is 0 Å². The molecule has 2 rings (SSSR count). The van der Waals surface area contributed by atoms with E-state index in [0.717, 1.165) is 37.5 Å². The molecule has 1 aliphatic heterocycles. The first kappa shape index (κ1) is 17.2. The molecule has 1 aliphatic rings. The van der Waals surface area contributed by atoms with Crippen molar-refractivity contribution in [2.45, 2.75) is 45.7 Å². The first-order valence-electron chi connectivity index (χ1n) is 8.13. The number of rotatable bonds is 6. The maximum absolute atomic E-state index is 12.3. The Morgan fingerprint density at radius 1 is 1.30 bits per heavy atom. The quantitative estimate of drug-likeness (QED) is 0.733. The molecule has 0 spiro atoms. The number of aromatic nitrogens is 3. The minimum absolute atomic E-state index is 0.0544. The predicted octanol–water partition coefficient (Wildman–Crippen LogP) is 0.997. The van der Waals surface area contributed by atoms with Crippen molar-refractivity contribution in [2.75, 3.05) is 20.1 Å². The fourth-order valence-electron chi connectivity index (χ4n) is 2.72. The van der Waals surface area contributed by atoms with Gasteiger partial charge >= 0.3 is 0 Å². The molecule has 23 heavy (non-hydrogen) atoms. The molecule has 2 amide bonds. The fourth-order valence-corrected chi connectivity index (χ4v) is 2.72. The van der Waals surface area contributed by atoms with Crippen molar-refractivity contribution in [1.82, 2.24) is 24.6 Å². The molecule has 0 fully saturated rings. The van der Waals surface area contributed by atoms with Crippen LogP contribution in [0.15, 0.2) is 12.7 Å². The van der Waals surface area contributed by atoms with Crippen LogP contribution in [-0.4, -0.2) is 56.5 Å². The largest absolute Gasteiger partial charge is 0.337 e. The summed E-state index contributed by atoms with van der Waals surface area (Å²) in [5, 5.41) is 8.48. The molecule has 7 heteroatoms. The summed E-state index contributed by atoms with van der Waals surface area (Å²) in [6, 6.07) is 0. The van der Waals surface area contributed by atoms with Crippen molar-refractivity contribution in [3.8, 4) is 0 Å². The topological polar surface area (TPSA) is 71.3 Å². The Kier molecular flexibility index (Phi) is 5.90. The SMILES string of the molecule is C=CC(=O)N(CC)CC(=O)N(C)Cc1nnc2n1CCCCC2. The second-order valence-corrected chi connectivity index (χ2v) is 5.80. The lowest BCUT2D eigenvalue weighted by atomic mass is 10.2. The van der Waals surface area contributed by atoms with Crippen molar-refractivity contribution in [3.63, 3.8) is 0 Å². The van der Waals surface area contributed by atoms with E-state index in [0.29, 0.717) is 13.1 Å². The van der Waals surface area contributed by atoms with Gasteiger partial charge < -0.3 is 14.4 Å². The first-order valence-corrected chi connectivity index (χ1v) is 8.13. The Morgan fingerprint density at radius 2 is 2.09 bits per heavy atom. The van der Waals surface area contributed by atoms with Crippen molar-refractivity contribution >= 4 is 11.8 Å². The van der Waals surface area contributed by atoms with Gasteiger partial charge in [0, 0.05) is 26.6 Å². The average molecular weight is 319 g/mol. The van der Waals surface area contributed by atoms with E-state index in [-0.39, 0.29) is 18.4 Å². The van der Waals surface area contributed by atoms with E-state index in [1.54, 1.807) is 11.9 Å². The molecule has 0 aromatic carbocycles. The zero-order valence-corrected chi connectivity index (χ0v) is 14.0. The third-order valence-corrected chi connectivity index (χ3v) is 4.18. The van der Waals surface area contributed by atoms with Crippen LogP contribution >= 0.6 is 0 Å². The number of amides is 2. The van der Waals surface area contributed by atoms with Gasteiger partial charge in [0.15, 0.2) is 5.82 Å². The van der Waals surface area contributed by atoms with Crippen molar-refractivity contribution in [1.29, 1.82) is 0 Å². The Balaban J connectivity index is 2.00. The molecular weight excluding hydrogens is 294 g/mol. The van der Waals surface area contributed by atoms with Gasteiger partial charge in [-0.25, -0.2) is 0 Å². The molecule has 0 radical (unpaired) electrons. The van der Waals surface area contributed by atoms with Crippen LogP contribution in [0.4, 0.5) is 0 Å². The van der Waals surface area contributed by atoms with Crippen LogP contribution in [0.3, 0.4) is 0 Å². The summed E-state index contributed by atoms with van der Waals surface area (Å²) in [5.74, 6) is 1.48. The molecule has 126 valence electrons. The number of nitrogens with zero attached hydrogens (tertiary/aromatic N) is 5. The van der Waals surface area contributed by atoms with Gasteiger partial charge in [-0.15, -0.1) is 10.2 Å². The minimum Gasteiger partial charge on any atom is -0.337 e. The summed E-state index contributed by atoms with van der Waals surface area (Å²) in [5.41, 5.74) is 0. The Labute approximate surface area is 137 Å². The van der Waals surface area contributed by atoms with Crippen molar-refractivity contribution in [2.24, 2.45) is 0 Å². The van der Waals surface area contributed by atoms with Gasteiger partial charge in [-0.3, -0.25) is 9.59 Å². The fraction of sp³-hybridized carbons (Fsp3) is 0.625. The summed E-state index contributed by atoms with van der Waals surface area (Å²) in [6.07, 6.45) is 5.64.